The summed E-state index contributed by atoms with van der Waals surface area (Å²) >= 11 is 1.12. The molecule has 0 bridgehead atoms. The van der Waals surface area contributed by atoms with Crippen molar-refractivity contribution >= 4 is 28.3 Å². The van der Waals surface area contributed by atoms with E-state index in [2.05, 4.69) is 26.1 Å². The van der Waals surface area contributed by atoms with Crippen molar-refractivity contribution in [2.24, 2.45) is 5.10 Å². The van der Waals surface area contributed by atoms with Crippen molar-refractivity contribution in [3.63, 3.8) is 0 Å². The molecule has 0 aliphatic rings. The van der Waals surface area contributed by atoms with Gasteiger partial charge in [-0.2, -0.15) is 9.78 Å². The lowest BCUT2D eigenvalue weighted by atomic mass is 10.2. The number of anilines is 1. The molecule has 0 fully saturated rings. The van der Waals surface area contributed by atoms with E-state index in [-0.39, 0.29) is 10.8 Å². The molecule has 0 unspecified atom stereocenters. The Morgan fingerprint density at radius 1 is 1.12 bits per heavy atom. The second-order valence-electron chi connectivity index (χ2n) is 5.77. The largest absolute Gasteiger partial charge is 0.292 e. The normalized spacial score (nSPS) is 11.4. The molecule has 132 valence electrons. The minimum absolute atomic E-state index is 0.173. The molecular formula is C18H18N6OS. The molecule has 26 heavy (non-hydrogen) atoms. The molecule has 1 aromatic heterocycles. The highest BCUT2D eigenvalue weighted by atomic mass is 32.2. The summed E-state index contributed by atoms with van der Waals surface area (Å²) in [7, 11) is 0. The highest BCUT2D eigenvalue weighted by molar-refractivity contribution is 8.15. The number of carbonyl (C=O) groups excluding carboxylic acids is 1. The van der Waals surface area contributed by atoms with Crippen LogP contribution in [0.4, 0.5) is 5.69 Å². The van der Waals surface area contributed by atoms with Crippen molar-refractivity contribution in [2.75, 3.05) is 5.43 Å². The molecule has 8 heteroatoms. The van der Waals surface area contributed by atoms with Crippen LogP contribution < -0.4 is 5.43 Å². The number of nitrogens with zero attached hydrogens (tertiary/aromatic N) is 5. The minimum Gasteiger partial charge on any atom is -0.292 e. The van der Waals surface area contributed by atoms with Gasteiger partial charge in [0, 0.05) is 6.92 Å². The Morgan fingerprint density at radius 3 is 2.58 bits per heavy atom. The van der Waals surface area contributed by atoms with Gasteiger partial charge in [-0.15, -0.1) is 5.10 Å². The first-order valence-corrected chi connectivity index (χ1v) is 8.79. The van der Waals surface area contributed by atoms with Gasteiger partial charge < -0.3 is 0 Å². The van der Waals surface area contributed by atoms with E-state index in [1.54, 1.807) is 4.68 Å². The van der Waals surface area contributed by atoms with Crippen molar-refractivity contribution in [3.8, 4) is 5.69 Å². The van der Waals surface area contributed by atoms with Crippen molar-refractivity contribution < 1.29 is 4.79 Å². The van der Waals surface area contributed by atoms with E-state index >= 15 is 0 Å². The fourth-order valence-corrected chi connectivity index (χ4v) is 2.89. The van der Waals surface area contributed by atoms with Gasteiger partial charge in [0.25, 0.3) is 0 Å². The van der Waals surface area contributed by atoms with Gasteiger partial charge in [0.15, 0.2) is 10.8 Å². The first-order valence-electron chi connectivity index (χ1n) is 7.97. The summed E-state index contributed by atoms with van der Waals surface area (Å²) < 4.78 is 1.58. The molecule has 0 aliphatic carbocycles. The minimum atomic E-state index is -0.173. The molecule has 1 heterocycles. The molecule has 0 spiro atoms. The average molecular weight is 366 g/mol. The second-order valence-corrected chi connectivity index (χ2v) is 6.72. The summed E-state index contributed by atoms with van der Waals surface area (Å²) in [5, 5.41) is 16.7. The van der Waals surface area contributed by atoms with Gasteiger partial charge in [-0.1, -0.05) is 29.8 Å². The van der Waals surface area contributed by atoms with Gasteiger partial charge in [-0.05, 0) is 65.9 Å². The molecule has 0 radical (unpaired) electrons. The Balaban J connectivity index is 1.83. The van der Waals surface area contributed by atoms with Gasteiger partial charge in [0.2, 0.25) is 5.16 Å². The maximum absolute atomic E-state index is 12.0. The van der Waals surface area contributed by atoms with Gasteiger partial charge in [0.05, 0.1) is 11.4 Å². The molecule has 3 rings (SSSR count). The van der Waals surface area contributed by atoms with Gasteiger partial charge in [-0.3, -0.25) is 10.2 Å². The summed E-state index contributed by atoms with van der Waals surface area (Å²) in [6.45, 7) is 5.46. The number of ketones is 1. The summed E-state index contributed by atoms with van der Waals surface area (Å²) in [6.07, 6.45) is 0. The van der Waals surface area contributed by atoms with E-state index in [1.807, 2.05) is 62.4 Å². The number of tetrazole rings is 1. The van der Waals surface area contributed by atoms with E-state index in [1.165, 1.54) is 6.92 Å². The number of hydrogen-bond donors (Lipinski definition) is 1. The van der Waals surface area contributed by atoms with Crippen LogP contribution in [-0.2, 0) is 4.79 Å². The standard InChI is InChI=1S/C18H18N6OS/c1-12-7-9-16(10-8-12)24-18(21-22-23-24)26-17(14(3)25)20-19-15-6-4-5-13(2)11-15/h4-11,19H,1-3H3/b20-17+. The number of aryl methyl sites for hydroxylation is 2. The molecule has 0 saturated carbocycles. The summed E-state index contributed by atoms with van der Waals surface area (Å²) in [6, 6.07) is 15.5. The number of benzene rings is 2. The number of thioether (sulfide) groups is 1. The van der Waals surface area contributed by atoms with Crippen LogP contribution in [0.5, 0.6) is 0 Å². The number of carbonyl (C=O) groups is 1. The quantitative estimate of drug-likeness (QED) is 0.322. The zero-order valence-electron chi connectivity index (χ0n) is 14.7. The van der Waals surface area contributed by atoms with Crippen LogP contribution in [-0.4, -0.2) is 31.0 Å². The van der Waals surface area contributed by atoms with E-state index in [0.29, 0.717) is 5.16 Å². The molecule has 0 saturated heterocycles. The van der Waals surface area contributed by atoms with Crippen LogP contribution in [0, 0.1) is 13.8 Å². The number of rotatable bonds is 5. The number of aromatic nitrogens is 4. The van der Waals surface area contributed by atoms with E-state index in [4.69, 9.17) is 0 Å². The summed E-state index contributed by atoms with van der Waals surface area (Å²) in [5.41, 5.74) is 6.78. The third-order valence-electron chi connectivity index (χ3n) is 3.51. The Kier molecular flexibility index (Phi) is 5.43. The molecular weight excluding hydrogens is 348 g/mol. The van der Waals surface area contributed by atoms with Gasteiger partial charge in [0.1, 0.15) is 0 Å². The highest BCUT2D eigenvalue weighted by Gasteiger charge is 2.16. The van der Waals surface area contributed by atoms with Crippen LogP contribution in [0.15, 0.2) is 58.8 Å². The highest BCUT2D eigenvalue weighted by Crippen LogP contribution is 2.21. The number of nitrogens with one attached hydrogen (secondary N) is 1. The maximum atomic E-state index is 12.0. The number of hydrogen-bond acceptors (Lipinski definition) is 7. The van der Waals surface area contributed by atoms with Crippen LogP contribution in [0.2, 0.25) is 0 Å². The van der Waals surface area contributed by atoms with Crippen molar-refractivity contribution in [3.05, 3.63) is 59.7 Å². The second kappa shape index (κ2) is 7.92. The Bertz CT molecular complexity index is 948. The van der Waals surface area contributed by atoms with Gasteiger partial charge in [-0.25, -0.2) is 0 Å². The summed E-state index contributed by atoms with van der Waals surface area (Å²) in [5.74, 6) is -0.173. The van der Waals surface area contributed by atoms with Crippen LogP contribution in [0.25, 0.3) is 5.69 Å². The Morgan fingerprint density at radius 2 is 1.88 bits per heavy atom. The van der Waals surface area contributed by atoms with Crippen molar-refractivity contribution in [1.82, 2.24) is 20.2 Å². The molecule has 1 N–H and O–H groups in total. The summed E-state index contributed by atoms with van der Waals surface area (Å²) in [4.78, 5) is 12.0. The Hall–Kier alpha value is -3.00. The Labute approximate surface area is 155 Å². The molecule has 0 atom stereocenters. The lowest BCUT2D eigenvalue weighted by molar-refractivity contribution is -0.110. The van der Waals surface area contributed by atoms with Crippen LogP contribution in [0.3, 0.4) is 0 Å². The number of hydrazone groups is 1. The van der Waals surface area contributed by atoms with Crippen LogP contribution in [0.1, 0.15) is 18.1 Å². The van der Waals surface area contributed by atoms with Crippen molar-refractivity contribution in [2.45, 2.75) is 25.9 Å². The van der Waals surface area contributed by atoms with Crippen molar-refractivity contribution in [1.29, 1.82) is 0 Å². The smallest absolute Gasteiger partial charge is 0.220 e. The molecule has 7 nitrogen and oxygen atoms in total. The fourth-order valence-electron chi connectivity index (χ4n) is 2.18. The van der Waals surface area contributed by atoms with E-state index in [9.17, 15) is 4.79 Å². The first-order chi connectivity index (χ1) is 12.5. The lowest BCUT2D eigenvalue weighted by Crippen LogP contribution is -2.10. The lowest BCUT2D eigenvalue weighted by Gasteiger charge is -2.06. The van der Waals surface area contributed by atoms with Crippen LogP contribution >= 0.6 is 11.8 Å². The van der Waals surface area contributed by atoms with E-state index < -0.39 is 0 Å². The third kappa shape index (κ3) is 4.34. The predicted octanol–water partition coefficient (Wildman–Crippen LogP) is 3.39. The molecule has 0 aliphatic heterocycles. The number of Topliss-reactive ketones (excluding diaryl/α,β-unsaturated/α-hetero) is 1. The maximum Gasteiger partial charge on any atom is 0.220 e. The zero-order chi connectivity index (χ0) is 18.5. The fraction of sp³-hybridized carbons (Fsp3) is 0.167. The molecule has 3 aromatic rings. The monoisotopic (exact) mass is 366 g/mol. The van der Waals surface area contributed by atoms with E-state index in [0.717, 1.165) is 34.3 Å². The molecule has 2 aromatic carbocycles. The zero-order valence-corrected chi connectivity index (χ0v) is 15.5. The SMILES string of the molecule is CC(=O)/C(=N\Nc1cccc(C)c1)Sc1nnnn1-c1ccc(C)cc1. The average Bonchev–Trinajstić information content (AvgIpc) is 3.07. The third-order valence-corrected chi connectivity index (χ3v) is 4.52. The molecule has 0 amide bonds. The topological polar surface area (TPSA) is 85.1 Å². The van der Waals surface area contributed by atoms with Gasteiger partial charge >= 0.3 is 0 Å². The first kappa shape index (κ1) is 17.8. The predicted molar refractivity (Wildman–Crippen MR) is 103 cm³/mol.